The summed E-state index contributed by atoms with van der Waals surface area (Å²) in [7, 11) is 0. The first kappa shape index (κ1) is 13.3. The minimum Gasteiger partial charge on any atom is -0.493 e. The average molecular weight is 254 g/mol. The molecule has 0 bridgehead atoms. The highest BCUT2D eigenvalue weighted by Gasteiger charge is 2.02. The molecular formula is C17H18O2. The number of rotatable bonds is 6. The van der Waals surface area contributed by atoms with Gasteiger partial charge in [-0.05, 0) is 43.0 Å². The van der Waals surface area contributed by atoms with E-state index in [1.165, 1.54) is 11.1 Å². The van der Waals surface area contributed by atoms with Crippen molar-refractivity contribution in [3.05, 3.63) is 65.2 Å². The number of benzene rings is 2. The first-order valence-electron chi connectivity index (χ1n) is 6.53. The minimum absolute atomic E-state index is 0.610. The van der Waals surface area contributed by atoms with Gasteiger partial charge in [0.1, 0.15) is 5.75 Å². The van der Waals surface area contributed by atoms with Crippen LogP contribution in [0.25, 0.3) is 0 Å². The molecule has 2 rings (SSSR count). The van der Waals surface area contributed by atoms with Crippen molar-refractivity contribution in [3.8, 4) is 5.75 Å². The fraction of sp³-hybridized carbons (Fsp3) is 0.235. The second kappa shape index (κ2) is 6.74. The van der Waals surface area contributed by atoms with Crippen molar-refractivity contribution in [3.63, 3.8) is 0 Å². The first-order chi connectivity index (χ1) is 9.31. The van der Waals surface area contributed by atoms with Gasteiger partial charge in [-0.3, -0.25) is 4.79 Å². The Bertz CT molecular complexity index is 546. The van der Waals surface area contributed by atoms with E-state index >= 15 is 0 Å². The molecule has 0 radical (unpaired) electrons. The lowest BCUT2D eigenvalue weighted by Crippen LogP contribution is -2.02. The second-order valence-electron chi connectivity index (χ2n) is 4.53. The molecule has 2 aromatic rings. The quantitative estimate of drug-likeness (QED) is 0.578. The van der Waals surface area contributed by atoms with Gasteiger partial charge >= 0.3 is 0 Å². The fourth-order valence-corrected chi connectivity index (χ4v) is 2.04. The molecule has 19 heavy (non-hydrogen) atoms. The number of carbonyl (C=O) groups is 1. The molecule has 0 amide bonds. The number of aryl methyl sites for hydroxylation is 2. The normalized spacial score (nSPS) is 10.2. The van der Waals surface area contributed by atoms with E-state index in [1.54, 1.807) is 6.07 Å². The number of hydrogen-bond donors (Lipinski definition) is 0. The topological polar surface area (TPSA) is 26.3 Å². The van der Waals surface area contributed by atoms with Crippen molar-refractivity contribution in [1.82, 2.24) is 0 Å². The van der Waals surface area contributed by atoms with E-state index in [4.69, 9.17) is 4.74 Å². The molecule has 2 aromatic carbocycles. The van der Waals surface area contributed by atoms with E-state index < -0.39 is 0 Å². The molecule has 0 aliphatic heterocycles. The van der Waals surface area contributed by atoms with Crippen LogP contribution in [-0.4, -0.2) is 12.9 Å². The van der Waals surface area contributed by atoms with Gasteiger partial charge in [0.25, 0.3) is 0 Å². The average Bonchev–Trinajstić information content (AvgIpc) is 2.45. The molecule has 0 spiro atoms. The van der Waals surface area contributed by atoms with E-state index in [0.29, 0.717) is 17.9 Å². The maximum absolute atomic E-state index is 10.8. The van der Waals surface area contributed by atoms with Crippen LogP contribution < -0.4 is 4.74 Å². The van der Waals surface area contributed by atoms with Crippen LogP contribution >= 0.6 is 0 Å². The van der Waals surface area contributed by atoms with E-state index in [9.17, 15) is 4.79 Å². The maximum atomic E-state index is 10.8. The number of para-hydroxylation sites is 1. The van der Waals surface area contributed by atoms with Crippen molar-refractivity contribution in [2.75, 3.05) is 6.61 Å². The lowest BCUT2D eigenvalue weighted by atomic mass is 10.0. The van der Waals surface area contributed by atoms with E-state index in [0.717, 1.165) is 19.1 Å². The van der Waals surface area contributed by atoms with E-state index in [-0.39, 0.29) is 0 Å². The Hall–Kier alpha value is -2.09. The standard InChI is InChI=1S/C17H18O2/c1-14-7-2-3-8-15(14)10-6-12-19-17-11-5-4-9-16(17)13-18/h2-5,7-9,11,13H,6,10,12H2,1H3. The van der Waals surface area contributed by atoms with Crippen molar-refractivity contribution < 1.29 is 9.53 Å². The molecule has 98 valence electrons. The van der Waals surface area contributed by atoms with Gasteiger partial charge in [0.2, 0.25) is 0 Å². The highest BCUT2D eigenvalue weighted by Crippen LogP contribution is 2.16. The summed E-state index contributed by atoms with van der Waals surface area (Å²) in [5.74, 6) is 0.669. The van der Waals surface area contributed by atoms with Crippen LogP contribution in [0.4, 0.5) is 0 Å². The number of ether oxygens (including phenoxy) is 1. The van der Waals surface area contributed by atoms with Gasteiger partial charge in [-0.15, -0.1) is 0 Å². The van der Waals surface area contributed by atoms with Crippen molar-refractivity contribution >= 4 is 6.29 Å². The molecule has 0 fully saturated rings. The molecule has 0 unspecified atom stereocenters. The van der Waals surface area contributed by atoms with Crippen molar-refractivity contribution in [1.29, 1.82) is 0 Å². The monoisotopic (exact) mass is 254 g/mol. The van der Waals surface area contributed by atoms with Gasteiger partial charge in [0.15, 0.2) is 6.29 Å². The van der Waals surface area contributed by atoms with Gasteiger partial charge < -0.3 is 4.74 Å². The molecule has 0 aromatic heterocycles. The molecule has 0 saturated heterocycles. The molecule has 0 N–H and O–H groups in total. The summed E-state index contributed by atoms with van der Waals surface area (Å²) in [6, 6.07) is 15.7. The van der Waals surface area contributed by atoms with Crippen LogP contribution in [-0.2, 0) is 6.42 Å². The summed E-state index contributed by atoms with van der Waals surface area (Å²) in [5, 5.41) is 0. The SMILES string of the molecule is Cc1ccccc1CCCOc1ccccc1C=O. The van der Waals surface area contributed by atoms with Crippen LogP contribution in [0.15, 0.2) is 48.5 Å². The van der Waals surface area contributed by atoms with Crippen LogP contribution in [0.3, 0.4) is 0 Å². The van der Waals surface area contributed by atoms with Gasteiger partial charge in [-0.1, -0.05) is 36.4 Å². The third kappa shape index (κ3) is 3.68. The minimum atomic E-state index is 0.610. The Morgan fingerprint density at radius 1 is 1.05 bits per heavy atom. The van der Waals surface area contributed by atoms with Gasteiger partial charge in [-0.2, -0.15) is 0 Å². The lowest BCUT2D eigenvalue weighted by Gasteiger charge is -2.09. The molecular weight excluding hydrogens is 236 g/mol. The van der Waals surface area contributed by atoms with Crippen LogP contribution in [0.1, 0.15) is 27.9 Å². The van der Waals surface area contributed by atoms with Crippen LogP contribution in [0.5, 0.6) is 5.75 Å². The van der Waals surface area contributed by atoms with Gasteiger partial charge in [0, 0.05) is 0 Å². The number of hydrogen-bond acceptors (Lipinski definition) is 2. The Morgan fingerprint density at radius 3 is 2.58 bits per heavy atom. The maximum Gasteiger partial charge on any atom is 0.153 e. The molecule has 0 heterocycles. The molecule has 0 saturated carbocycles. The molecule has 0 aliphatic carbocycles. The smallest absolute Gasteiger partial charge is 0.153 e. The number of aldehydes is 1. The van der Waals surface area contributed by atoms with Gasteiger partial charge in [-0.25, -0.2) is 0 Å². The lowest BCUT2D eigenvalue weighted by molar-refractivity contribution is 0.111. The van der Waals surface area contributed by atoms with E-state index in [1.807, 2.05) is 18.2 Å². The highest BCUT2D eigenvalue weighted by molar-refractivity contribution is 5.79. The molecule has 0 aliphatic rings. The largest absolute Gasteiger partial charge is 0.493 e. The Balaban J connectivity index is 1.84. The Morgan fingerprint density at radius 2 is 1.79 bits per heavy atom. The summed E-state index contributed by atoms with van der Waals surface area (Å²) in [5.41, 5.74) is 3.28. The zero-order chi connectivity index (χ0) is 13.5. The Labute approximate surface area is 114 Å². The molecule has 2 nitrogen and oxygen atoms in total. The summed E-state index contributed by atoms with van der Waals surface area (Å²) in [6.45, 7) is 2.75. The fourth-order valence-electron chi connectivity index (χ4n) is 2.04. The summed E-state index contributed by atoms with van der Waals surface area (Å²) < 4.78 is 5.66. The predicted octanol–water partition coefficient (Wildman–Crippen LogP) is 3.82. The van der Waals surface area contributed by atoms with Crippen LogP contribution in [0, 0.1) is 6.92 Å². The molecule has 2 heteroatoms. The first-order valence-corrected chi connectivity index (χ1v) is 6.53. The summed E-state index contributed by atoms with van der Waals surface area (Å²) in [6.07, 6.45) is 2.77. The predicted molar refractivity (Wildman–Crippen MR) is 76.8 cm³/mol. The highest BCUT2D eigenvalue weighted by atomic mass is 16.5. The van der Waals surface area contributed by atoms with Gasteiger partial charge in [0.05, 0.1) is 12.2 Å². The third-order valence-electron chi connectivity index (χ3n) is 3.16. The van der Waals surface area contributed by atoms with Crippen LogP contribution in [0.2, 0.25) is 0 Å². The van der Waals surface area contributed by atoms with Crippen molar-refractivity contribution in [2.24, 2.45) is 0 Å². The Kier molecular flexibility index (Phi) is 4.73. The molecule has 0 atom stereocenters. The number of carbonyl (C=O) groups excluding carboxylic acids is 1. The third-order valence-corrected chi connectivity index (χ3v) is 3.16. The van der Waals surface area contributed by atoms with E-state index in [2.05, 4.69) is 31.2 Å². The summed E-state index contributed by atoms with van der Waals surface area (Å²) in [4.78, 5) is 10.8. The second-order valence-corrected chi connectivity index (χ2v) is 4.53. The zero-order valence-corrected chi connectivity index (χ0v) is 11.1. The van der Waals surface area contributed by atoms with Crippen molar-refractivity contribution in [2.45, 2.75) is 19.8 Å². The zero-order valence-electron chi connectivity index (χ0n) is 11.1. The summed E-state index contributed by atoms with van der Waals surface area (Å²) >= 11 is 0.